The number of allylic oxidation sites excluding steroid dienone is 5. The molecule has 1 fully saturated rings. The van der Waals surface area contributed by atoms with Crippen molar-refractivity contribution in [3.8, 4) is 0 Å². The van der Waals surface area contributed by atoms with E-state index in [1.165, 1.54) is 25.0 Å². The van der Waals surface area contributed by atoms with Crippen molar-refractivity contribution in [1.29, 1.82) is 0 Å². The van der Waals surface area contributed by atoms with Gasteiger partial charge >= 0.3 is 11.9 Å². The lowest BCUT2D eigenvalue weighted by atomic mass is 9.48. The zero-order chi connectivity index (χ0) is 21.8. The second-order valence-corrected chi connectivity index (χ2v) is 9.90. The molecular formula is C25H32O5. The molecule has 0 aromatic rings. The van der Waals surface area contributed by atoms with Crippen molar-refractivity contribution in [2.45, 2.75) is 72.8 Å². The Morgan fingerprint density at radius 2 is 1.77 bits per heavy atom. The number of ether oxygens (including phenoxy) is 2. The summed E-state index contributed by atoms with van der Waals surface area (Å²) in [6, 6.07) is 0. The molecule has 5 heteroatoms. The number of hydrogen-bond donors (Lipinski definition) is 0. The molecule has 4 aliphatic carbocycles. The molecular weight excluding hydrogens is 380 g/mol. The minimum atomic E-state index is -0.423. The van der Waals surface area contributed by atoms with Crippen LogP contribution in [0.4, 0.5) is 0 Å². The maximum absolute atomic E-state index is 12.5. The van der Waals surface area contributed by atoms with Gasteiger partial charge in [-0.05, 0) is 61.5 Å². The SMILES string of the molecule is CC(=O)OC1=CC2=CCC3C4=CCC(C(C)=O)[C@@]4(C)[C@H](OC(C)=O)CC3[C@@]2(C)CC1. The van der Waals surface area contributed by atoms with Gasteiger partial charge in [-0.15, -0.1) is 0 Å². The van der Waals surface area contributed by atoms with Crippen LogP contribution in [-0.2, 0) is 23.9 Å². The number of fused-ring (bicyclic) bond motifs is 5. The molecule has 0 aromatic heterocycles. The number of ketones is 1. The summed E-state index contributed by atoms with van der Waals surface area (Å²) in [5, 5.41) is 0. The molecule has 0 aliphatic heterocycles. The molecule has 3 unspecified atom stereocenters. The molecule has 4 rings (SSSR count). The molecule has 30 heavy (non-hydrogen) atoms. The topological polar surface area (TPSA) is 69.7 Å². The molecule has 1 saturated carbocycles. The third-order valence-electron chi connectivity index (χ3n) is 8.29. The van der Waals surface area contributed by atoms with E-state index in [0.29, 0.717) is 11.8 Å². The van der Waals surface area contributed by atoms with E-state index in [0.717, 1.165) is 37.9 Å². The van der Waals surface area contributed by atoms with Gasteiger partial charge in [0.2, 0.25) is 0 Å². The third-order valence-corrected chi connectivity index (χ3v) is 8.29. The fourth-order valence-electron chi connectivity index (χ4n) is 6.83. The van der Waals surface area contributed by atoms with Crippen molar-refractivity contribution < 1.29 is 23.9 Å². The molecule has 0 aromatic carbocycles. The Bertz CT molecular complexity index is 893. The van der Waals surface area contributed by atoms with Gasteiger partial charge in [0.15, 0.2) is 0 Å². The Labute approximate surface area is 178 Å². The summed E-state index contributed by atoms with van der Waals surface area (Å²) in [6.45, 7) is 8.97. The maximum Gasteiger partial charge on any atom is 0.307 e. The van der Waals surface area contributed by atoms with E-state index in [9.17, 15) is 14.4 Å². The molecule has 0 radical (unpaired) electrons. The number of carbonyl (C=O) groups is 3. The number of carbonyl (C=O) groups excluding carboxylic acids is 3. The lowest BCUT2D eigenvalue weighted by Gasteiger charge is -2.57. The Kier molecular flexibility index (Phi) is 5.06. The van der Waals surface area contributed by atoms with Crippen LogP contribution in [-0.4, -0.2) is 23.8 Å². The summed E-state index contributed by atoms with van der Waals surface area (Å²) in [5.74, 6) is 0.880. The van der Waals surface area contributed by atoms with Gasteiger partial charge in [-0.2, -0.15) is 0 Å². The van der Waals surface area contributed by atoms with Gasteiger partial charge < -0.3 is 9.47 Å². The Hall–Kier alpha value is -2.17. The van der Waals surface area contributed by atoms with Crippen molar-refractivity contribution in [3.05, 3.63) is 35.1 Å². The fraction of sp³-hybridized carbons (Fsp3) is 0.640. The van der Waals surface area contributed by atoms with Crippen molar-refractivity contribution in [3.63, 3.8) is 0 Å². The summed E-state index contributed by atoms with van der Waals surface area (Å²) in [4.78, 5) is 35.9. The molecule has 4 aliphatic rings. The Balaban J connectivity index is 1.74. The Morgan fingerprint density at radius 1 is 1.03 bits per heavy atom. The summed E-state index contributed by atoms with van der Waals surface area (Å²) in [6.07, 6.45) is 10.3. The smallest absolute Gasteiger partial charge is 0.307 e. The van der Waals surface area contributed by atoms with Crippen LogP contribution in [0.2, 0.25) is 0 Å². The number of esters is 2. The highest BCUT2D eigenvalue weighted by Crippen LogP contribution is 2.64. The van der Waals surface area contributed by atoms with Crippen LogP contribution < -0.4 is 0 Å². The van der Waals surface area contributed by atoms with Gasteiger partial charge in [0.1, 0.15) is 17.6 Å². The monoisotopic (exact) mass is 412 g/mol. The van der Waals surface area contributed by atoms with Gasteiger partial charge in [-0.3, -0.25) is 14.4 Å². The van der Waals surface area contributed by atoms with Crippen LogP contribution in [0.1, 0.15) is 66.7 Å². The quantitative estimate of drug-likeness (QED) is 0.497. The van der Waals surface area contributed by atoms with Crippen LogP contribution in [0, 0.1) is 28.6 Å². The van der Waals surface area contributed by atoms with Gasteiger partial charge in [-0.1, -0.05) is 31.6 Å². The van der Waals surface area contributed by atoms with E-state index in [1.54, 1.807) is 6.92 Å². The van der Waals surface area contributed by atoms with Crippen molar-refractivity contribution in [1.82, 2.24) is 0 Å². The first-order valence-corrected chi connectivity index (χ1v) is 11.0. The van der Waals surface area contributed by atoms with E-state index < -0.39 is 5.41 Å². The molecule has 0 bridgehead atoms. The molecule has 5 nitrogen and oxygen atoms in total. The second-order valence-electron chi connectivity index (χ2n) is 9.90. The second kappa shape index (κ2) is 7.21. The number of hydrogen-bond acceptors (Lipinski definition) is 5. The summed E-state index contributed by atoms with van der Waals surface area (Å²) in [7, 11) is 0. The van der Waals surface area contributed by atoms with Crippen molar-refractivity contribution in [2.75, 3.05) is 0 Å². The van der Waals surface area contributed by atoms with Crippen LogP contribution in [0.25, 0.3) is 0 Å². The van der Waals surface area contributed by atoms with Crippen molar-refractivity contribution in [2.24, 2.45) is 28.6 Å². The molecule has 6 atom stereocenters. The highest BCUT2D eigenvalue weighted by molar-refractivity contribution is 5.81. The average Bonchev–Trinajstić information content (AvgIpc) is 3.01. The first-order valence-electron chi connectivity index (χ1n) is 11.0. The largest absolute Gasteiger partial charge is 0.462 e. The zero-order valence-electron chi connectivity index (χ0n) is 18.6. The van der Waals surface area contributed by atoms with E-state index in [4.69, 9.17) is 9.47 Å². The van der Waals surface area contributed by atoms with Crippen LogP contribution in [0.15, 0.2) is 35.1 Å². The highest BCUT2D eigenvalue weighted by Gasteiger charge is 2.61. The minimum Gasteiger partial charge on any atom is -0.462 e. The van der Waals surface area contributed by atoms with Gasteiger partial charge in [0.05, 0.1) is 0 Å². The molecule has 0 heterocycles. The number of rotatable bonds is 3. The van der Waals surface area contributed by atoms with Crippen LogP contribution >= 0.6 is 0 Å². The van der Waals surface area contributed by atoms with Gasteiger partial charge in [0, 0.05) is 31.6 Å². The normalized spacial score (nSPS) is 39.4. The van der Waals surface area contributed by atoms with Crippen molar-refractivity contribution >= 4 is 17.7 Å². The molecule has 0 N–H and O–H groups in total. The number of Topliss-reactive ketones (excluding diaryl/α,β-unsaturated/α-hetero) is 1. The maximum atomic E-state index is 12.5. The fourth-order valence-corrected chi connectivity index (χ4v) is 6.83. The minimum absolute atomic E-state index is 0.0680. The zero-order valence-corrected chi connectivity index (χ0v) is 18.6. The van der Waals surface area contributed by atoms with Crippen LogP contribution in [0.5, 0.6) is 0 Å². The third kappa shape index (κ3) is 3.09. The lowest BCUT2D eigenvalue weighted by Crippen LogP contribution is -2.54. The summed E-state index contributed by atoms with van der Waals surface area (Å²) >= 11 is 0. The highest BCUT2D eigenvalue weighted by atomic mass is 16.5. The summed E-state index contributed by atoms with van der Waals surface area (Å²) < 4.78 is 11.3. The van der Waals surface area contributed by atoms with E-state index in [-0.39, 0.29) is 35.2 Å². The lowest BCUT2D eigenvalue weighted by molar-refractivity contribution is -0.162. The van der Waals surface area contributed by atoms with Crippen LogP contribution in [0.3, 0.4) is 0 Å². The predicted molar refractivity (Wildman–Crippen MR) is 112 cm³/mol. The predicted octanol–water partition coefficient (Wildman–Crippen LogP) is 4.67. The van der Waals surface area contributed by atoms with Gasteiger partial charge in [0.25, 0.3) is 0 Å². The first-order chi connectivity index (χ1) is 14.1. The van der Waals surface area contributed by atoms with E-state index >= 15 is 0 Å². The molecule has 0 amide bonds. The molecule has 0 spiro atoms. The molecule has 162 valence electrons. The molecule has 0 saturated heterocycles. The standard InChI is InChI=1S/C25H32O5/c1-14(26)20-8-9-21-19-7-6-17-12-18(29-15(2)27)10-11-24(17,4)22(19)13-23(25(20,21)5)30-16(3)28/h6,9,12,19-20,22-23H,7-8,10-11,13H2,1-5H3/t19?,20?,22?,23-,24+,25-/m1/s1. The van der Waals surface area contributed by atoms with E-state index in [2.05, 4.69) is 26.0 Å². The average molecular weight is 413 g/mol. The van der Waals surface area contributed by atoms with E-state index in [1.807, 2.05) is 6.08 Å². The Morgan fingerprint density at radius 3 is 2.40 bits per heavy atom. The first kappa shape index (κ1) is 21.1. The summed E-state index contributed by atoms with van der Waals surface area (Å²) in [5.41, 5.74) is 2.03. The van der Waals surface area contributed by atoms with Gasteiger partial charge in [-0.25, -0.2) is 0 Å².